The van der Waals surface area contributed by atoms with Gasteiger partial charge in [0.15, 0.2) is 0 Å². The van der Waals surface area contributed by atoms with Crippen molar-refractivity contribution < 1.29 is 9.84 Å². The molecule has 0 radical (unpaired) electrons. The molecule has 0 aromatic carbocycles. The zero-order valence-corrected chi connectivity index (χ0v) is 5.45. The molecule has 0 saturated carbocycles. The van der Waals surface area contributed by atoms with Crippen molar-refractivity contribution in [3.8, 4) is 0 Å². The molecule has 0 bridgehead atoms. The predicted molar refractivity (Wildman–Crippen MR) is 39.2 cm³/mol. The van der Waals surface area contributed by atoms with Crippen molar-refractivity contribution in [3.05, 3.63) is 48.7 Å². The van der Waals surface area contributed by atoms with E-state index >= 15 is 0 Å². The van der Waals surface area contributed by atoms with E-state index < -0.39 is 0 Å². The van der Waals surface area contributed by atoms with E-state index in [1.54, 1.807) is 18.2 Å². The van der Waals surface area contributed by atoms with Crippen LogP contribution in [-0.4, -0.2) is 5.11 Å². The van der Waals surface area contributed by atoms with Crippen LogP contribution in [-0.2, 0) is 4.74 Å². The molecule has 0 saturated heterocycles. The van der Waals surface area contributed by atoms with Gasteiger partial charge in [0.05, 0.1) is 12.5 Å². The summed E-state index contributed by atoms with van der Waals surface area (Å²) in [5.74, 6) is 0.0474. The quantitative estimate of drug-likeness (QED) is 0.559. The van der Waals surface area contributed by atoms with Crippen molar-refractivity contribution in [1.29, 1.82) is 0 Å². The van der Waals surface area contributed by atoms with Crippen LogP contribution in [0.1, 0.15) is 0 Å². The van der Waals surface area contributed by atoms with E-state index in [0.29, 0.717) is 0 Å². The monoisotopic (exact) mass is 136 g/mol. The van der Waals surface area contributed by atoms with Crippen LogP contribution in [0.25, 0.3) is 0 Å². The zero-order valence-electron chi connectivity index (χ0n) is 5.45. The van der Waals surface area contributed by atoms with Gasteiger partial charge in [-0.15, -0.1) is 0 Å². The number of allylic oxidation sites excluding steroid dienone is 4. The molecule has 0 amide bonds. The van der Waals surface area contributed by atoms with Crippen LogP contribution in [0.2, 0.25) is 0 Å². The van der Waals surface area contributed by atoms with E-state index in [-0.39, 0.29) is 5.76 Å². The number of hydrogen-bond acceptors (Lipinski definition) is 2. The van der Waals surface area contributed by atoms with E-state index in [1.165, 1.54) is 12.5 Å². The first kappa shape index (κ1) is 6.68. The summed E-state index contributed by atoms with van der Waals surface area (Å²) in [7, 11) is 0. The summed E-state index contributed by atoms with van der Waals surface area (Å²) in [5, 5.41) is 8.73. The van der Waals surface area contributed by atoms with Gasteiger partial charge in [0.1, 0.15) is 5.76 Å². The Morgan fingerprint density at radius 2 is 2.10 bits per heavy atom. The Balaban J connectivity index is 2.71. The third-order valence-corrected chi connectivity index (χ3v) is 1.01. The minimum absolute atomic E-state index is 0.0474. The smallest absolute Gasteiger partial charge is 0.109 e. The Bertz CT molecular complexity index is 207. The Morgan fingerprint density at radius 3 is 2.60 bits per heavy atom. The van der Waals surface area contributed by atoms with E-state index in [1.807, 2.05) is 0 Å². The van der Waals surface area contributed by atoms with Gasteiger partial charge in [-0.25, -0.2) is 0 Å². The minimum atomic E-state index is 0.0474. The number of aliphatic hydroxyl groups excluding tert-OH is 1. The highest BCUT2D eigenvalue weighted by Crippen LogP contribution is 2.07. The first-order valence-corrected chi connectivity index (χ1v) is 2.87. The standard InChI is InChI=1S/C8H8O2/c1-7(9)6-8-2-4-10-5-3-8/h2-6,9H,1H2. The van der Waals surface area contributed by atoms with Crippen molar-refractivity contribution in [2.45, 2.75) is 0 Å². The fourth-order valence-electron chi connectivity index (χ4n) is 0.625. The van der Waals surface area contributed by atoms with Gasteiger partial charge in [-0.1, -0.05) is 6.58 Å². The molecule has 0 aromatic heterocycles. The molecule has 0 fully saturated rings. The third-order valence-electron chi connectivity index (χ3n) is 1.01. The van der Waals surface area contributed by atoms with Gasteiger partial charge in [0.2, 0.25) is 0 Å². The van der Waals surface area contributed by atoms with Crippen LogP contribution >= 0.6 is 0 Å². The maximum absolute atomic E-state index is 8.73. The first-order valence-electron chi connectivity index (χ1n) is 2.87. The molecule has 1 N–H and O–H groups in total. The molecule has 10 heavy (non-hydrogen) atoms. The Labute approximate surface area is 59.4 Å². The fourth-order valence-corrected chi connectivity index (χ4v) is 0.625. The molecule has 52 valence electrons. The SMILES string of the molecule is C=C(O)C=C1C=COC=C1. The lowest BCUT2D eigenvalue weighted by molar-refractivity contribution is 0.398. The number of ether oxygens (including phenoxy) is 1. The van der Waals surface area contributed by atoms with E-state index in [4.69, 9.17) is 9.84 Å². The van der Waals surface area contributed by atoms with Gasteiger partial charge in [-0.05, 0) is 23.8 Å². The van der Waals surface area contributed by atoms with Gasteiger partial charge in [0.25, 0.3) is 0 Å². The Morgan fingerprint density at radius 1 is 1.50 bits per heavy atom. The van der Waals surface area contributed by atoms with Crippen LogP contribution in [0.5, 0.6) is 0 Å². The highest BCUT2D eigenvalue weighted by molar-refractivity contribution is 5.35. The molecular weight excluding hydrogens is 128 g/mol. The van der Waals surface area contributed by atoms with E-state index in [2.05, 4.69) is 6.58 Å². The highest BCUT2D eigenvalue weighted by Gasteiger charge is 1.91. The van der Waals surface area contributed by atoms with Crippen molar-refractivity contribution in [2.75, 3.05) is 0 Å². The lowest BCUT2D eigenvalue weighted by Crippen LogP contribution is -1.81. The summed E-state index contributed by atoms with van der Waals surface area (Å²) in [5.41, 5.74) is 0.874. The summed E-state index contributed by atoms with van der Waals surface area (Å²) >= 11 is 0. The van der Waals surface area contributed by atoms with Crippen LogP contribution in [0.15, 0.2) is 48.7 Å². The summed E-state index contributed by atoms with van der Waals surface area (Å²) in [6.07, 6.45) is 8.10. The van der Waals surface area contributed by atoms with Crippen molar-refractivity contribution >= 4 is 0 Å². The van der Waals surface area contributed by atoms with Crippen LogP contribution in [0, 0.1) is 0 Å². The second-order valence-corrected chi connectivity index (χ2v) is 1.88. The largest absolute Gasteiger partial charge is 0.509 e. The minimum Gasteiger partial charge on any atom is -0.509 e. The summed E-state index contributed by atoms with van der Waals surface area (Å²) in [6, 6.07) is 0. The average molecular weight is 136 g/mol. The molecule has 1 heterocycles. The first-order chi connectivity index (χ1) is 4.79. The molecule has 1 aliphatic rings. The van der Waals surface area contributed by atoms with Crippen LogP contribution in [0.4, 0.5) is 0 Å². The van der Waals surface area contributed by atoms with E-state index in [0.717, 1.165) is 5.57 Å². The van der Waals surface area contributed by atoms with Crippen LogP contribution in [0.3, 0.4) is 0 Å². The molecule has 2 nitrogen and oxygen atoms in total. The second-order valence-electron chi connectivity index (χ2n) is 1.88. The molecule has 1 aliphatic heterocycles. The fraction of sp³-hybridized carbons (Fsp3) is 0. The molecule has 1 rings (SSSR count). The maximum atomic E-state index is 8.73. The Hall–Kier alpha value is -1.44. The number of aliphatic hydroxyl groups is 1. The molecule has 0 aliphatic carbocycles. The van der Waals surface area contributed by atoms with Crippen molar-refractivity contribution in [1.82, 2.24) is 0 Å². The highest BCUT2D eigenvalue weighted by atomic mass is 16.5. The van der Waals surface area contributed by atoms with Gasteiger partial charge < -0.3 is 9.84 Å². The maximum Gasteiger partial charge on any atom is 0.109 e. The summed E-state index contributed by atoms with van der Waals surface area (Å²) < 4.78 is 4.77. The predicted octanol–water partition coefficient (Wildman–Crippen LogP) is 2.04. The third kappa shape index (κ3) is 1.82. The summed E-state index contributed by atoms with van der Waals surface area (Å²) in [4.78, 5) is 0. The van der Waals surface area contributed by atoms with Gasteiger partial charge in [-0.3, -0.25) is 0 Å². The number of rotatable bonds is 1. The molecule has 0 unspecified atom stereocenters. The number of hydrogen-bond donors (Lipinski definition) is 1. The molecule has 0 aromatic rings. The molecule has 0 atom stereocenters. The van der Waals surface area contributed by atoms with Gasteiger partial charge >= 0.3 is 0 Å². The average Bonchev–Trinajstić information content (AvgIpc) is 1.88. The van der Waals surface area contributed by atoms with Gasteiger partial charge in [0, 0.05) is 0 Å². The molecule has 2 heteroatoms. The van der Waals surface area contributed by atoms with Crippen LogP contribution < -0.4 is 0 Å². The van der Waals surface area contributed by atoms with Gasteiger partial charge in [-0.2, -0.15) is 0 Å². The van der Waals surface area contributed by atoms with E-state index in [9.17, 15) is 0 Å². The molecular formula is C8H8O2. The topological polar surface area (TPSA) is 29.5 Å². The Kier molecular flexibility index (Phi) is 1.95. The normalized spacial score (nSPS) is 14.6. The van der Waals surface area contributed by atoms with Crippen molar-refractivity contribution in [3.63, 3.8) is 0 Å². The van der Waals surface area contributed by atoms with Crippen molar-refractivity contribution in [2.24, 2.45) is 0 Å². The second kappa shape index (κ2) is 2.92. The lowest BCUT2D eigenvalue weighted by Gasteiger charge is -1.99. The lowest BCUT2D eigenvalue weighted by atomic mass is 10.2. The molecule has 0 spiro atoms. The zero-order chi connectivity index (χ0) is 7.40. The summed E-state index contributed by atoms with van der Waals surface area (Å²) in [6.45, 7) is 3.32.